The molecule has 2 aromatic carbocycles. The number of ether oxygens (including phenoxy) is 1. The SMILES string of the molecule is CNC(=O)c1ccccc1OCC(=O)N[C@H](C)Cc1ccccc1C. The molecule has 0 saturated carbocycles. The first kappa shape index (κ1) is 18.5. The summed E-state index contributed by atoms with van der Waals surface area (Å²) in [6, 6.07) is 15.0. The Labute approximate surface area is 148 Å². The molecule has 0 aromatic heterocycles. The van der Waals surface area contributed by atoms with E-state index in [9.17, 15) is 9.59 Å². The van der Waals surface area contributed by atoms with Gasteiger partial charge in [0, 0.05) is 13.1 Å². The Morgan fingerprint density at radius 3 is 2.48 bits per heavy atom. The minimum atomic E-state index is -0.246. The minimum Gasteiger partial charge on any atom is -0.483 e. The number of nitrogens with one attached hydrogen (secondary N) is 2. The lowest BCUT2D eigenvalue weighted by Crippen LogP contribution is -2.37. The van der Waals surface area contributed by atoms with Crippen molar-refractivity contribution in [2.75, 3.05) is 13.7 Å². The van der Waals surface area contributed by atoms with Gasteiger partial charge in [0.2, 0.25) is 0 Å². The second-order valence-electron chi connectivity index (χ2n) is 5.96. The molecule has 0 radical (unpaired) electrons. The van der Waals surface area contributed by atoms with E-state index < -0.39 is 0 Å². The Balaban J connectivity index is 1.89. The number of aryl methyl sites for hydroxylation is 1. The molecule has 0 saturated heterocycles. The highest BCUT2D eigenvalue weighted by atomic mass is 16.5. The molecule has 0 aliphatic heterocycles. The van der Waals surface area contributed by atoms with E-state index in [-0.39, 0.29) is 24.5 Å². The summed E-state index contributed by atoms with van der Waals surface area (Å²) in [5.74, 6) is -0.0692. The van der Waals surface area contributed by atoms with E-state index in [1.165, 1.54) is 11.1 Å². The van der Waals surface area contributed by atoms with Gasteiger partial charge in [0.05, 0.1) is 5.56 Å². The van der Waals surface area contributed by atoms with Crippen molar-refractivity contribution in [3.63, 3.8) is 0 Å². The van der Waals surface area contributed by atoms with Crippen molar-refractivity contribution >= 4 is 11.8 Å². The summed E-state index contributed by atoms with van der Waals surface area (Å²) in [4.78, 5) is 23.9. The van der Waals surface area contributed by atoms with Gasteiger partial charge in [0.1, 0.15) is 5.75 Å². The maximum Gasteiger partial charge on any atom is 0.258 e. The van der Waals surface area contributed by atoms with Crippen LogP contribution in [0.2, 0.25) is 0 Å². The average Bonchev–Trinajstić information content (AvgIpc) is 2.61. The average molecular weight is 340 g/mol. The van der Waals surface area contributed by atoms with Crippen LogP contribution in [0.15, 0.2) is 48.5 Å². The smallest absolute Gasteiger partial charge is 0.258 e. The van der Waals surface area contributed by atoms with Gasteiger partial charge in [0.15, 0.2) is 6.61 Å². The fourth-order valence-corrected chi connectivity index (χ4v) is 2.59. The van der Waals surface area contributed by atoms with Gasteiger partial charge in [-0.05, 0) is 43.5 Å². The van der Waals surface area contributed by atoms with Crippen molar-refractivity contribution in [1.29, 1.82) is 0 Å². The zero-order chi connectivity index (χ0) is 18.2. The van der Waals surface area contributed by atoms with Gasteiger partial charge in [-0.25, -0.2) is 0 Å². The molecule has 25 heavy (non-hydrogen) atoms. The number of carbonyl (C=O) groups excluding carboxylic acids is 2. The lowest BCUT2D eigenvalue weighted by Gasteiger charge is -2.16. The molecule has 2 rings (SSSR count). The molecule has 0 unspecified atom stereocenters. The Morgan fingerprint density at radius 1 is 1.08 bits per heavy atom. The molecule has 0 aliphatic rings. The van der Waals surface area contributed by atoms with Crippen molar-refractivity contribution in [2.24, 2.45) is 0 Å². The number of para-hydroxylation sites is 1. The molecule has 5 nitrogen and oxygen atoms in total. The number of carbonyl (C=O) groups is 2. The van der Waals surface area contributed by atoms with Gasteiger partial charge in [-0.1, -0.05) is 36.4 Å². The molecule has 5 heteroatoms. The summed E-state index contributed by atoms with van der Waals surface area (Å²) in [7, 11) is 1.55. The van der Waals surface area contributed by atoms with E-state index in [1.807, 2.05) is 19.1 Å². The van der Waals surface area contributed by atoms with E-state index in [0.29, 0.717) is 11.3 Å². The van der Waals surface area contributed by atoms with E-state index >= 15 is 0 Å². The van der Waals surface area contributed by atoms with Crippen LogP contribution in [0.25, 0.3) is 0 Å². The molecule has 0 fully saturated rings. The van der Waals surface area contributed by atoms with Gasteiger partial charge < -0.3 is 15.4 Å². The van der Waals surface area contributed by atoms with Gasteiger partial charge in [0.25, 0.3) is 11.8 Å². The molecular formula is C20H24N2O3. The third-order valence-electron chi connectivity index (χ3n) is 3.91. The first-order valence-electron chi connectivity index (χ1n) is 8.29. The van der Waals surface area contributed by atoms with Crippen LogP contribution in [0.1, 0.15) is 28.4 Å². The number of amides is 2. The number of hydrogen-bond donors (Lipinski definition) is 2. The van der Waals surface area contributed by atoms with E-state index in [2.05, 4.69) is 29.7 Å². The van der Waals surface area contributed by atoms with Gasteiger partial charge in [-0.15, -0.1) is 0 Å². The lowest BCUT2D eigenvalue weighted by molar-refractivity contribution is -0.123. The third-order valence-corrected chi connectivity index (χ3v) is 3.91. The Morgan fingerprint density at radius 2 is 1.76 bits per heavy atom. The van der Waals surface area contributed by atoms with Crippen LogP contribution < -0.4 is 15.4 Å². The molecule has 1 atom stereocenters. The Bertz CT molecular complexity index is 743. The van der Waals surface area contributed by atoms with Crippen LogP contribution in [0.5, 0.6) is 5.75 Å². The van der Waals surface area contributed by atoms with Gasteiger partial charge >= 0.3 is 0 Å². The van der Waals surface area contributed by atoms with Crippen molar-refractivity contribution in [1.82, 2.24) is 10.6 Å². The summed E-state index contributed by atoms with van der Waals surface area (Å²) < 4.78 is 5.52. The first-order valence-corrected chi connectivity index (χ1v) is 8.29. The molecule has 132 valence electrons. The first-order chi connectivity index (χ1) is 12.0. The van der Waals surface area contributed by atoms with Crippen LogP contribution >= 0.6 is 0 Å². The lowest BCUT2D eigenvalue weighted by atomic mass is 10.0. The number of rotatable bonds is 7. The third kappa shape index (κ3) is 5.35. The summed E-state index contributed by atoms with van der Waals surface area (Å²) in [5, 5.41) is 5.48. The summed E-state index contributed by atoms with van der Waals surface area (Å²) >= 11 is 0. The molecule has 0 bridgehead atoms. The van der Waals surface area contributed by atoms with Gasteiger partial charge in [-0.3, -0.25) is 9.59 Å². The van der Waals surface area contributed by atoms with E-state index in [0.717, 1.165) is 6.42 Å². The summed E-state index contributed by atoms with van der Waals surface area (Å²) in [6.45, 7) is 3.89. The minimum absolute atomic E-state index is 0.00798. The maximum atomic E-state index is 12.1. The largest absolute Gasteiger partial charge is 0.483 e. The van der Waals surface area contributed by atoms with Crippen molar-refractivity contribution in [3.8, 4) is 5.75 Å². The molecule has 0 heterocycles. The number of hydrogen-bond acceptors (Lipinski definition) is 3. The zero-order valence-electron chi connectivity index (χ0n) is 14.8. The van der Waals surface area contributed by atoms with Crippen LogP contribution in [-0.4, -0.2) is 31.5 Å². The predicted molar refractivity (Wildman–Crippen MR) is 97.8 cm³/mol. The fraction of sp³-hybridized carbons (Fsp3) is 0.300. The highest BCUT2D eigenvalue weighted by Crippen LogP contribution is 2.17. The zero-order valence-corrected chi connectivity index (χ0v) is 14.8. The van der Waals surface area contributed by atoms with Crippen molar-refractivity contribution in [3.05, 3.63) is 65.2 Å². The maximum absolute atomic E-state index is 12.1. The predicted octanol–water partition coefficient (Wildman–Crippen LogP) is 2.48. The molecule has 0 spiro atoms. The number of benzene rings is 2. The quantitative estimate of drug-likeness (QED) is 0.814. The standard InChI is InChI=1S/C20H24N2O3/c1-14-8-4-5-9-16(14)12-15(2)22-19(23)13-25-18-11-7-6-10-17(18)20(24)21-3/h4-11,15H,12-13H2,1-3H3,(H,21,24)(H,22,23)/t15-/m1/s1. The summed E-state index contributed by atoms with van der Waals surface area (Å²) in [6.07, 6.45) is 0.757. The molecule has 2 amide bonds. The Kier molecular flexibility index (Phi) is 6.57. The highest BCUT2D eigenvalue weighted by Gasteiger charge is 2.13. The van der Waals surface area contributed by atoms with Gasteiger partial charge in [-0.2, -0.15) is 0 Å². The molecule has 2 aromatic rings. The summed E-state index contributed by atoms with van der Waals surface area (Å²) in [5.41, 5.74) is 2.83. The highest BCUT2D eigenvalue weighted by molar-refractivity contribution is 5.96. The van der Waals surface area contributed by atoms with Crippen LogP contribution in [0.3, 0.4) is 0 Å². The molecule has 2 N–H and O–H groups in total. The Hall–Kier alpha value is -2.82. The van der Waals surface area contributed by atoms with E-state index in [1.54, 1.807) is 31.3 Å². The van der Waals surface area contributed by atoms with Crippen molar-refractivity contribution in [2.45, 2.75) is 26.3 Å². The second kappa shape index (κ2) is 8.87. The normalized spacial score (nSPS) is 11.5. The van der Waals surface area contributed by atoms with E-state index in [4.69, 9.17) is 4.74 Å². The monoisotopic (exact) mass is 340 g/mol. The van der Waals surface area contributed by atoms with Crippen LogP contribution in [0.4, 0.5) is 0 Å². The van der Waals surface area contributed by atoms with Crippen molar-refractivity contribution < 1.29 is 14.3 Å². The fourth-order valence-electron chi connectivity index (χ4n) is 2.59. The topological polar surface area (TPSA) is 67.4 Å². The molecular weight excluding hydrogens is 316 g/mol. The molecule has 0 aliphatic carbocycles. The van der Waals surface area contributed by atoms with Crippen LogP contribution in [-0.2, 0) is 11.2 Å². The van der Waals surface area contributed by atoms with Crippen LogP contribution in [0, 0.1) is 6.92 Å². The second-order valence-corrected chi connectivity index (χ2v) is 5.96.